The molecule has 0 fully saturated rings. The van der Waals surface area contributed by atoms with E-state index in [4.69, 9.17) is 13.3 Å². The van der Waals surface area contributed by atoms with Gasteiger partial charge in [0.05, 0.1) is 11.4 Å². The van der Waals surface area contributed by atoms with Crippen LogP contribution in [0.2, 0.25) is 0 Å². The summed E-state index contributed by atoms with van der Waals surface area (Å²) in [5, 5.41) is 11.2. The monoisotopic (exact) mass is 1240 g/mol. The number of benzene rings is 14. The Morgan fingerprint density at radius 3 is 1.43 bits per heavy atom. The van der Waals surface area contributed by atoms with Crippen LogP contribution in [0.5, 0.6) is 0 Å². The zero-order chi connectivity index (χ0) is 64.3. The molecule has 14 aromatic carbocycles. The van der Waals surface area contributed by atoms with Gasteiger partial charge < -0.3 is 32.9 Å². The summed E-state index contributed by atoms with van der Waals surface area (Å²) in [5.41, 5.74) is 23.3. The first kappa shape index (κ1) is 55.9. The lowest BCUT2D eigenvalue weighted by Crippen LogP contribution is -2.61. The second-order valence-corrected chi connectivity index (χ2v) is 28.1. The van der Waals surface area contributed by atoms with Crippen LogP contribution in [-0.2, 0) is 10.8 Å². The van der Waals surface area contributed by atoms with Crippen molar-refractivity contribution in [3.05, 3.63) is 296 Å². The maximum absolute atomic E-state index is 7.31. The van der Waals surface area contributed by atoms with Gasteiger partial charge in [0.15, 0.2) is 5.58 Å². The van der Waals surface area contributed by atoms with Gasteiger partial charge in [-0.3, -0.25) is 0 Å². The smallest absolute Gasteiger partial charge is 0.252 e. The van der Waals surface area contributed by atoms with Crippen molar-refractivity contribution in [2.24, 2.45) is 0 Å². The van der Waals surface area contributed by atoms with E-state index >= 15 is 0 Å². The summed E-state index contributed by atoms with van der Waals surface area (Å²) >= 11 is 0. The zero-order valence-corrected chi connectivity index (χ0v) is 54.2. The van der Waals surface area contributed by atoms with Crippen molar-refractivity contribution in [2.75, 3.05) is 19.6 Å². The number of para-hydroxylation sites is 4. The normalized spacial score (nSPS) is 13.0. The molecule has 7 nitrogen and oxygen atoms in total. The molecule has 2 aliphatic rings. The van der Waals surface area contributed by atoms with Crippen LogP contribution >= 0.6 is 0 Å². The van der Waals surface area contributed by atoms with Crippen molar-refractivity contribution in [1.29, 1.82) is 0 Å². The van der Waals surface area contributed by atoms with Crippen molar-refractivity contribution in [2.45, 2.75) is 52.4 Å². The summed E-state index contributed by atoms with van der Waals surface area (Å²) < 4.78 is 20.6. The first-order valence-electron chi connectivity index (χ1n) is 33.3. The number of hydrogen-bond acceptors (Lipinski definition) is 7. The molecule has 8 heteroatoms. The third-order valence-corrected chi connectivity index (χ3v) is 20.3. The van der Waals surface area contributed by atoms with E-state index in [2.05, 4.69) is 334 Å². The number of nitrogens with zero attached hydrogens (tertiary/aromatic N) is 4. The van der Waals surface area contributed by atoms with E-state index in [9.17, 15) is 0 Å². The van der Waals surface area contributed by atoms with Gasteiger partial charge in [-0.05, 0) is 181 Å². The minimum atomic E-state index is -0.262. The second kappa shape index (κ2) is 20.9. The van der Waals surface area contributed by atoms with Crippen LogP contribution in [0, 0.1) is 0 Å². The molecule has 5 heterocycles. The zero-order valence-electron chi connectivity index (χ0n) is 54.2. The molecular weight excluding hydrogens is 1170 g/mol. The molecule has 0 bridgehead atoms. The summed E-state index contributed by atoms with van der Waals surface area (Å²) in [6.45, 7) is 13.5. The van der Waals surface area contributed by atoms with Gasteiger partial charge in [-0.25, -0.2) is 0 Å². The minimum Gasteiger partial charge on any atom is -0.456 e. The highest BCUT2D eigenvalue weighted by Crippen LogP contribution is 2.53. The lowest BCUT2D eigenvalue weighted by molar-refractivity contribution is 0.590. The predicted octanol–water partition coefficient (Wildman–Crippen LogP) is 23.3. The Morgan fingerprint density at radius 2 is 0.740 bits per heavy atom. The molecule has 0 spiro atoms. The van der Waals surface area contributed by atoms with Gasteiger partial charge in [0.2, 0.25) is 0 Å². The summed E-state index contributed by atoms with van der Waals surface area (Å²) in [7, 11) is 0. The Balaban J connectivity index is 0.927. The van der Waals surface area contributed by atoms with Crippen LogP contribution in [0.4, 0.5) is 68.2 Å². The quantitative estimate of drug-likeness (QED) is 0.111. The summed E-state index contributed by atoms with van der Waals surface area (Å²) in [4.78, 5) is 9.92. The largest absolute Gasteiger partial charge is 0.456 e. The highest BCUT2D eigenvalue weighted by molar-refractivity contribution is 7.00. The number of hydrogen-bond donors (Lipinski definition) is 0. The molecule has 2 aliphatic heterocycles. The van der Waals surface area contributed by atoms with E-state index in [-0.39, 0.29) is 17.5 Å². The molecule has 0 amide bonds. The maximum atomic E-state index is 7.31. The lowest BCUT2D eigenvalue weighted by atomic mass is 9.33. The average molecular weight is 1240 g/mol. The van der Waals surface area contributed by atoms with Crippen LogP contribution in [-0.4, -0.2) is 6.71 Å². The number of rotatable bonds is 8. The van der Waals surface area contributed by atoms with Crippen molar-refractivity contribution < 1.29 is 13.3 Å². The van der Waals surface area contributed by atoms with E-state index in [1.165, 1.54) is 43.6 Å². The molecule has 0 saturated carbocycles. The molecule has 0 aliphatic carbocycles. The molecule has 0 N–H and O–H groups in total. The van der Waals surface area contributed by atoms with Crippen molar-refractivity contribution in [1.82, 2.24) is 0 Å². The van der Waals surface area contributed by atoms with E-state index in [1.54, 1.807) is 0 Å². The summed E-state index contributed by atoms with van der Waals surface area (Å²) in [5.74, 6) is 0. The van der Waals surface area contributed by atoms with Crippen molar-refractivity contribution >= 4 is 179 Å². The molecule has 3 aromatic heterocycles. The van der Waals surface area contributed by atoms with E-state index in [0.717, 1.165) is 140 Å². The Bertz CT molecular complexity index is 6030. The third-order valence-electron chi connectivity index (χ3n) is 20.3. The van der Waals surface area contributed by atoms with Crippen LogP contribution in [0.25, 0.3) is 87.4 Å². The lowest BCUT2D eigenvalue weighted by Gasteiger charge is -2.45. The third kappa shape index (κ3) is 8.67. The van der Waals surface area contributed by atoms with Crippen molar-refractivity contribution in [3.8, 4) is 0 Å². The van der Waals surface area contributed by atoms with Crippen LogP contribution in [0.3, 0.4) is 0 Å². The number of anilines is 12. The first-order valence-corrected chi connectivity index (χ1v) is 33.3. The van der Waals surface area contributed by atoms with E-state index in [0.29, 0.717) is 0 Å². The highest BCUT2D eigenvalue weighted by atomic mass is 16.3. The van der Waals surface area contributed by atoms with Gasteiger partial charge in [0, 0.05) is 95.3 Å². The van der Waals surface area contributed by atoms with E-state index < -0.39 is 0 Å². The number of fused-ring (bicyclic) bond motifs is 17. The van der Waals surface area contributed by atoms with Crippen molar-refractivity contribution in [3.63, 3.8) is 0 Å². The Morgan fingerprint density at radius 1 is 0.292 bits per heavy atom. The number of furan rings is 3. The van der Waals surface area contributed by atoms with Gasteiger partial charge >= 0.3 is 0 Å². The molecule has 0 unspecified atom stereocenters. The molecular formula is C88H65BN4O3. The van der Waals surface area contributed by atoms with Crippen LogP contribution in [0.1, 0.15) is 52.7 Å². The highest BCUT2D eigenvalue weighted by Gasteiger charge is 2.46. The fraction of sp³-hybridized carbons (Fsp3) is 0.0909. The molecule has 0 radical (unpaired) electrons. The summed E-state index contributed by atoms with van der Waals surface area (Å²) in [6, 6.07) is 105. The minimum absolute atomic E-state index is 0.0735. The SMILES string of the molecule is CC(C)(C)c1ccc(N2c3cc(N(c4ccc5ccc6ccccc6c5c4)c4ccc5oc6ccccc6c5c4)ccc3B3c4ccc5c(oc6ccccc65)c4N(c4ccc(C(C)(C)C)cc4)c4cc(N(c5ccccc5)c5ccc6c(c5)oc5ccccc56)cc2c43)cc1. The van der Waals surface area contributed by atoms with Crippen LogP contribution < -0.4 is 36.0 Å². The fourth-order valence-electron chi connectivity index (χ4n) is 15.6. The molecule has 17 aromatic rings. The van der Waals surface area contributed by atoms with Gasteiger partial charge in [0.25, 0.3) is 6.71 Å². The molecule has 0 atom stereocenters. The Hall–Kier alpha value is -11.7. The first-order chi connectivity index (χ1) is 46.8. The van der Waals surface area contributed by atoms with Gasteiger partial charge in [-0.1, -0.05) is 199 Å². The molecule has 19 rings (SSSR count). The standard InChI is InChI=1S/C88H65BN4O3/c1-87(2,3)56-31-36-59(37-32-56)92-76-50-63(91(62-42-47-82-73(49-62)69-24-14-16-26-80(69)94-82)61-35-30-55-29-28-54-18-10-11-21-66(54)72(55)48-61)41-45-74(76)89-75-46-44-71-68-23-13-17-27-81(68)96-86(71)85(75)93(60-38-33-57(34-39-60)88(4,5)6)78-52-65(51-77(92)84(78)89)90(58-19-8-7-9-20-58)64-40-43-70-67-22-12-15-25-79(67)95-83(70)53-64/h7-53H,1-6H3. The average Bonchev–Trinajstić information content (AvgIpc) is 0.780. The maximum Gasteiger partial charge on any atom is 0.252 e. The van der Waals surface area contributed by atoms with E-state index in [1.807, 2.05) is 12.1 Å². The molecule has 0 saturated heterocycles. The fourth-order valence-corrected chi connectivity index (χ4v) is 15.6. The molecule has 458 valence electrons. The van der Waals surface area contributed by atoms with Crippen LogP contribution in [0.15, 0.2) is 298 Å². The molecule has 96 heavy (non-hydrogen) atoms. The topological polar surface area (TPSA) is 52.4 Å². The van der Waals surface area contributed by atoms with Gasteiger partial charge in [-0.2, -0.15) is 0 Å². The predicted molar refractivity (Wildman–Crippen MR) is 404 cm³/mol. The Kier molecular flexibility index (Phi) is 12.2. The Labute approximate surface area is 556 Å². The summed E-state index contributed by atoms with van der Waals surface area (Å²) in [6.07, 6.45) is 0. The second-order valence-electron chi connectivity index (χ2n) is 28.1. The van der Waals surface area contributed by atoms with Gasteiger partial charge in [0.1, 0.15) is 27.9 Å². The van der Waals surface area contributed by atoms with Gasteiger partial charge in [-0.15, -0.1) is 0 Å².